The molecular weight excluding hydrogens is 359 g/mol. The van der Waals surface area contributed by atoms with E-state index in [-0.39, 0.29) is 17.1 Å². The molecule has 0 N–H and O–H groups in total. The lowest BCUT2D eigenvalue weighted by atomic mass is 10.1. The van der Waals surface area contributed by atoms with E-state index in [2.05, 4.69) is 4.74 Å². The quantitative estimate of drug-likeness (QED) is 0.453. The van der Waals surface area contributed by atoms with Crippen molar-refractivity contribution in [3.05, 3.63) is 35.9 Å². The summed E-state index contributed by atoms with van der Waals surface area (Å²) in [4.78, 5) is 50.2. The molecule has 1 saturated heterocycles. The summed E-state index contributed by atoms with van der Waals surface area (Å²) < 4.78 is 24.2. The van der Waals surface area contributed by atoms with Crippen LogP contribution >= 0.6 is 0 Å². The second kappa shape index (κ2) is 7.73. The van der Waals surface area contributed by atoms with Crippen LogP contribution in [0.1, 0.15) is 39.3 Å². The Morgan fingerprint density at radius 3 is 2.30 bits per heavy atom. The Balaban J connectivity index is 2.45. The van der Waals surface area contributed by atoms with Crippen LogP contribution in [0.2, 0.25) is 0 Å². The Morgan fingerprint density at radius 1 is 1.19 bits per heavy atom. The fourth-order valence-corrected chi connectivity index (χ4v) is 2.51. The molecule has 4 amide bonds. The van der Waals surface area contributed by atoms with Gasteiger partial charge < -0.3 is 9.47 Å². The maximum atomic E-state index is 14.5. The van der Waals surface area contributed by atoms with Gasteiger partial charge in [0.2, 0.25) is 0 Å². The summed E-state index contributed by atoms with van der Waals surface area (Å²) in [6.45, 7) is 6.07. The highest BCUT2D eigenvalue weighted by Crippen LogP contribution is 2.34. The van der Waals surface area contributed by atoms with Crippen LogP contribution in [0.25, 0.3) is 0 Å². The number of imide groups is 2. The van der Waals surface area contributed by atoms with Crippen LogP contribution in [0.4, 0.5) is 14.0 Å². The van der Waals surface area contributed by atoms with E-state index >= 15 is 0 Å². The Morgan fingerprint density at radius 2 is 1.78 bits per heavy atom. The van der Waals surface area contributed by atoms with Crippen LogP contribution in [-0.2, 0) is 19.1 Å². The molecule has 1 aromatic rings. The summed E-state index contributed by atoms with van der Waals surface area (Å²) in [6, 6.07) is 5.16. The van der Waals surface area contributed by atoms with Gasteiger partial charge in [-0.1, -0.05) is 30.3 Å². The van der Waals surface area contributed by atoms with Gasteiger partial charge in [0.15, 0.2) is 0 Å². The number of hydrogen-bond acceptors (Lipinski definition) is 6. The number of nitrogens with zero attached hydrogens (tertiary/aromatic N) is 2. The zero-order chi connectivity index (χ0) is 20.4. The molecule has 1 heterocycles. The van der Waals surface area contributed by atoms with Crippen LogP contribution in [-0.4, -0.2) is 52.3 Å². The molecule has 0 bridgehead atoms. The Hall–Kier alpha value is -2.97. The molecule has 2 unspecified atom stereocenters. The largest absolute Gasteiger partial charge is 0.462 e. The monoisotopic (exact) mass is 380 g/mol. The maximum Gasteiger partial charge on any atom is 0.419 e. The first-order chi connectivity index (χ1) is 12.6. The van der Waals surface area contributed by atoms with Crippen molar-refractivity contribution in [2.75, 3.05) is 6.61 Å². The molecule has 27 heavy (non-hydrogen) atoms. The van der Waals surface area contributed by atoms with Crippen molar-refractivity contribution in [1.82, 2.24) is 9.80 Å². The number of esters is 1. The summed E-state index contributed by atoms with van der Waals surface area (Å²) >= 11 is 0. The summed E-state index contributed by atoms with van der Waals surface area (Å²) in [5, 5.41) is 0. The number of hydrogen-bond donors (Lipinski definition) is 0. The highest BCUT2D eigenvalue weighted by Gasteiger charge is 2.55. The van der Waals surface area contributed by atoms with E-state index in [1.165, 1.54) is 19.1 Å². The number of ether oxygens (including phenoxy) is 2. The van der Waals surface area contributed by atoms with Crippen molar-refractivity contribution >= 4 is 24.0 Å². The van der Waals surface area contributed by atoms with Crippen LogP contribution in [0.5, 0.6) is 0 Å². The predicted molar refractivity (Wildman–Crippen MR) is 91.0 cm³/mol. The lowest BCUT2D eigenvalue weighted by Gasteiger charge is -2.25. The lowest BCUT2D eigenvalue weighted by Crippen LogP contribution is -2.45. The summed E-state index contributed by atoms with van der Waals surface area (Å²) in [6.07, 6.45) is -3.78. The van der Waals surface area contributed by atoms with Crippen molar-refractivity contribution in [2.45, 2.75) is 45.6 Å². The molecule has 1 aliphatic heterocycles. The van der Waals surface area contributed by atoms with Crippen molar-refractivity contribution in [2.24, 2.45) is 0 Å². The zero-order valence-electron chi connectivity index (χ0n) is 15.5. The van der Waals surface area contributed by atoms with Crippen LogP contribution in [0, 0.1) is 0 Å². The third-order valence-corrected chi connectivity index (χ3v) is 3.55. The molecule has 9 heteroatoms. The van der Waals surface area contributed by atoms with Gasteiger partial charge in [0.1, 0.15) is 11.6 Å². The predicted octanol–water partition coefficient (Wildman–Crippen LogP) is 2.79. The molecule has 8 nitrogen and oxygen atoms in total. The number of amides is 4. The Bertz CT molecular complexity index is 746. The molecule has 0 aliphatic carbocycles. The maximum absolute atomic E-state index is 14.5. The summed E-state index contributed by atoms with van der Waals surface area (Å²) in [5.41, 5.74) is -0.675. The van der Waals surface area contributed by atoms with Gasteiger partial charge in [-0.25, -0.2) is 28.6 Å². The fraction of sp³-hybridized carbons (Fsp3) is 0.444. The minimum atomic E-state index is -2.66. The normalized spacial score (nSPS) is 18.5. The molecule has 0 radical (unpaired) electrons. The van der Waals surface area contributed by atoms with E-state index in [1.807, 2.05) is 0 Å². The fourth-order valence-electron chi connectivity index (χ4n) is 2.51. The average Bonchev–Trinajstić information content (AvgIpc) is 2.84. The average molecular weight is 380 g/mol. The van der Waals surface area contributed by atoms with Gasteiger partial charge in [-0.2, -0.15) is 0 Å². The number of urea groups is 1. The van der Waals surface area contributed by atoms with Crippen molar-refractivity contribution in [3.63, 3.8) is 0 Å². The molecule has 2 atom stereocenters. The van der Waals surface area contributed by atoms with Gasteiger partial charge in [0.05, 0.1) is 6.61 Å². The third-order valence-electron chi connectivity index (χ3n) is 3.55. The van der Waals surface area contributed by atoms with Crippen molar-refractivity contribution in [3.8, 4) is 0 Å². The van der Waals surface area contributed by atoms with E-state index in [0.717, 1.165) is 0 Å². The minimum absolute atomic E-state index is 0.0829. The second-order valence-corrected chi connectivity index (χ2v) is 6.74. The van der Waals surface area contributed by atoms with Gasteiger partial charge in [-0.05, 0) is 33.3 Å². The highest BCUT2D eigenvalue weighted by atomic mass is 19.1. The van der Waals surface area contributed by atoms with E-state index < -0.39 is 41.9 Å². The number of benzene rings is 1. The first-order valence-electron chi connectivity index (χ1n) is 8.33. The molecule has 1 fully saturated rings. The van der Waals surface area contributed by atoms with E-state index in [4.69, 9.17) is 4.74 Å². The molecule has 2 rings (SSSR count). The van der Waals surface area contributed by atoms with Gasteiger partial charge in [0, 0.05) is 0 Å². The number of carbonyl (C=O) groups excluding carboxylic acids is 4. The Labute approximate surface area is 155 Å². The summed E-state index contributed by atoms with van der Waals surface area (Å²) in [5.74, 6) is -2.45. The standard InChI is InChI=1S/C18H21FN2O6/c1-5-26-15(23)13(19)21-14(22)12(11-9-7-6-8-10-11)20(16(21)24)17(25)27-18(2,3)4/h6-10,12-13H,5H2,1-4H3. The third kappa shape index (κ3) is 4.24. The number of alkyl halides is 1. The van der Waals surface area contributed by atoms with Gasteiger partial charge in [-0.15, -0.1) is 0 Å². The molecule has 0 saturated carbocycles. The number of halogens is 1. The molecule has 0 spiro atoms. The van der Waals surface area contributed by atoms with Crippen LogP contribution < -0.4 is 0 Å². The summed E-state index contributed by atoms with van der Waals surface area (Å²) in [7, 11) is 0. The number of rotatable bonds is 4. The van der Waals surface area contributed by atoms with E-state index in [0.29, 0.717) is 4.90 Å². The molecule has 0 aromatic heterocycles. The first-order valence-corrected chi connectivity index (χ1v) is 8.33. The highest BCUT2D eigenvalue weighted by molar-refractivity contribution is 6.12. The molecule has 1 aliphatic rings. The van der Waals surface area contributed by atoms with Crippen molar-refractivity contribution in [1.29, 1.82) is 0 Å². The first kappa shape index (κ1) is 20.3. The molecule has 146 valence electrons. The lowest BCUT2D eigenvalue weighted by molar-refractivity contribution is -0.158. The SMILES string of the molecule is CCOC(=O)C(F)N1C(=O)C(c2ccccc2)N(C(=O)OC(C)(C)C)C1=O. The topological polar surface area (TPSA) is 93.2 Å². The number of carbonyl (C=O) groups is 4. The smallest absolute Gasteiger partial charge is 0.419 e. The van der Waals surface area contributed by atoms with Gasteiger partial charge >= 0.3 is 18.1 Å². The van der Waals surface area contributed by atoms with Gasteiger partial charge in [0.25, 0.3) is 12.2 Å². The van der Waals surface area contributed by atoms with Crippen LogP contribution in [0.3, 0.4) is 0 Å². The van der Waals surface area contributed by atoms with Crippen molar-refractivity contribution < 1.29 is 33.0 Å². The minimum Gasteiger partial charge on any atom is -0.462 e. The van der Waals surface area contributed by atoms with E-state index in [9.17, 15) is 23.6 Å². The zero-order valence-corrected chi connectivity index (χ0v) is 15.5. The van der Waals surface area contributed by atoms with E-state index in [1.54, 1.807) is 39.0 Å². The molecular formula is C18H21FN2O6. The Kier molecular flexibility index (Phi) is 5.82. The van der Waals surface area contributed by atoms with Crippen LogP contribution in [0.15, 0.2) is 30.3 Å². The second-order valence-electron chi connectivity index (χ2n) is 6.74. The van der Waals surface area contributed by atoms with Gasteiger partial charge in [-0.3, -0.25) is 4.79 Å². The molecule has 1 aromatic carbocycles.